The number of furan rings is 2. The monoisotopic (exact) mass is 386 g/mol. The second kappa shape index (κ2) is 8.77. The Labute approximate surface area is 162 Å². The van der Waals surface area contributed by atoms with Gasteiger partial charge in [-0.1, -0.05) is 18.7 Å². The van der Waals surface area contributed by atoms with Crippen LogP contribution in [-0.2, 0) is 18.7 Å². The fourth-order valence-corrected chi connectivity index (χ4v) is 3.08. The summed E-state index contributed by atoms with van der Waals surface area (Å²) in [7, 11) is 3.91. The van der Waals surface area contributed by atoms with E-state index in [4.69, 9.17) is 8.83 Å². The molecule has 1 N–H and O–H groups in total. The van der Waals surface area contributed by atoms with Gasteiger partial charge in [0.05, 0.1) is 18.6 Å². The third-order valence-corrected chi connectivity index (χ3v) is 4.67. The molecular weight excluding hydrogens is 364 g/mol. The lowest BCUT2D eigenvalue weighted by Gasteiger charge is -2.13. The topological polar surface area (TPSA) is 84.4 Å². The molecule has 3 rings (SSSR count). The molecule has 27 heavy (non-hydrogen) atoms. The van der Waals surface area contributed by atoms with Crippen LogP contribution in [0.25, 0.3) is 0 Å². The van der Waals surface area contributed by atoms with Gasteiger partial charge in [0.1, 0.15) is 17.3 Å². The van der Waals surface area contributed by atoms with Gasteiger partial charge in [-0.3, -0.25) is 4.79 Å². The molecule has 3 heterocycles. The number of aryl methyl sites for hydroxylation is 1. The summed E-state index contributed by atoms with van der Waals surface area (Å²) in [5.41, 5.74) is 0.994. The summed E-state index contributed by atoms with van der Waals surface area (Å²) in [6.45, 7) is 2.39. The third-order valence-electron chi connectivity index (χ3n) is 3.80. The van der Waals surface area contributed by atoms with Crippen LogP contribution < -0.4 is 10.2 Å². The first-order valence-corrected chi connectivity index (χ1v) is 9.61. The molecule has 0 bridgehead atoms. The molecule has 0 aromatic carbocycles. The number of carbonyl (C=O) groups is 1. The summed E-state index contributed by atoms with van der Waals surface area (Å²) in [6.07, 6.45) is 2.42. The molecule has 0 atom stereocenters. The van der Waals surface area contributed by atoms with Crippen molar-refractivity contribution in [3.8, 4) is 0 Å². The molecule has 3 aromatic heterocycles. The van der Waals surface area contributed by atoms with Gasteiger partial charge < -0.3 is 19.1 Å². The molecular formula is C19H22N4O3S. The van der Waals surface area contributed by atoms with E-state index in [1.54, 1.807) is 30.5 Å². The Bertz CT molecular complexity index is 890. The van der Waals surface area contributed by atoms with Gasteiger partial charge in [0.2, 0.25) is 0 Å². The second-order valence-corrected chi connectivity index (χ2v) is 7.01. The number of nitrogens with zero attached hydrogens (tertiary/aromatic N) is 3. The van der Waals surface area contributed by atoms with Gasteiger partial charge in [-0.25, -0.2) is 9.97 Å². The fraction of sp³-hybridized carbons (Fsp3) is 0.316. The summed E-state index contributed by atoms with van der Waals surface area (Å²) in [5.74, 6) is 2.80. The second-order valence-electron chi connectivity index (χ2n) is 6.06. The molecule has 1 amide bonds. The number of nitrogens with one attached hydrogen (secondary N) is 1. The van der Waals surface area contributed by atoms with Crippen molar-refractivity contribution in [2.75, 3.05) is 19.0 Å². The van der Waals surface area contributed by atoms with Crippen LogP contribution in [0.3, 0.4) is 0 Å². The maximum absolute atomic E-state index is 12.1. The molecule has 8 heteroatoms. The number of carbonyl (C=O) groups excluding carboxylic acids is 1. The van der Waals surface area contributed by atoms with E-state index in [0.29, 0.717) is 29.0 Å². The minimum absolute atomic E-state index is 0.273. The van der Waals surface area contributed by atoms with E-state index >= 15 is 0 Å². The molecule has 0 saturated heterocycles. The SMILES string of the molecule is CCc1cc(N(C)C)nc(SCc2ccc(C(=O)NCc3ccco3)o2)n1. The highest BCUT2D eigenvalue weighted by molar-refractivity contribution is 7.98. The minimum Gasteiger partial charge on any atom is -0.467 e. The number of anilines is 1. The highest BCUT2D eigenvalue weighted by Crippen LogP contribution is 2.23. The van der Waals surface area contributed by atoms with E-state index in [-0.39, 0.29) is 11.7 Å². The molecule has 7 nitrogen and oxygen atoms in total. The number of hydrogen-bond acceptors (Lipinski definition) is 7. The molecule has 0 aliphatic carbocycles. The lowest BCUT2D eigenvalue weighted by molar-refractivity contribution is 0.0919. The van der Waals surface area contributed by atoms with Gasteiger partial charge in [0, 0.05) is 25.9 Å². The molecule has 0 unspecified atom stereocenters. The molecule has 142 valence electrons. The number of rotatable bonds is 8. The highest BCUT2D eigenvalue weighted by atomic mass is 32.2. The molecule has 0 aliphatic rings. The lowest BCUT2D eigenvalue weighted by Crippen LogP contribution is -2.21. The average molecular weight is 386 g/mol. The Morgan fingerprint density at radius 2 is 2.07 bits per heavy atom. The number of amides is 1. The van der Waals surface area contributed by atoms with Crippen LogP contribution in [0.15, 0.2) is 50.6 Å². The van der Waals surface area contributed by atoms with Crippen molar-refractivity contribution < 1.29 is 13.6 Å². The molecule has 0 aliphatic heterocycles. The van der Waals surface area contributed by atoms with Crippen molar-refractivity contribution in [3.05, 3.63) is 59.6 Å². The van der Waals surface area contributed by atoms with E-state index in [9.17, 15) is 4.79 Å². The summed E-state index contributed by atoms with van der Waals surface area (Å²) in [4.78, 5) is 23.2. The van der Waals surface area contributed by atoms with E-state index in [1.807, 2.05) is 25.1 Å². The molecule has 0 radical (unpaired) electrons. The Balaban J connectivity index is 1.59. The van der Waals surface area contributed by atoms with Crippen LogP contribution in [0, 0.1) is 0 Å². The zero-order chi connectivity index (χ0) is 19.2. The maximum atomic E-state index is 12.1. The van der Waals surface area contributed by atoms with E-state index in [0.717, 1.165) is 17.9 Å². The normalized spacial score (nSPS) is 10.8. The van der Waals surface area contributed by atoms with Crippen LogP contribution in [0.1, 0.15) is 34.7 Å². The van der Waals surface area contributed by atoms with Gasteiger partial charge >= 0.3 is 0 Å². The van der Waals surface area contributed by atoms with Crippen molar-refractivity contribution in [3.63, 3.8) is 0 Å². The van der Waals surface area contributed by atoms with Crippen molar-refractivity contribution in [1.29, 1.82) is 0 Å². The van der Waals surface area contributed by atoms with E-state index in [2.05, 4.69) is 22.2 Å². The Morgan fingerprint density at radius 1 is 1.22 bits per heavy atom. The van der Waals surface area contributed by atoms with Crippen molar-refractivity contribution in [2.45, 2.75) is 30.8 Å². The molecule has 3 aromatic rings. The first-order valence-electron chi connectivity index (χ1n) is 8.62. The predicted molar refractivity (Wildman–Crippen MR) is 104 cm³/mol. The predicted octanol–water partition coefficient (Wildman–Crippen LogP) is 3.51. The van der Waals surface area contributed by atoms with Crippen LogP contribution in [0.4, 0.5) is 5.82 Å². The van der Waals surface area contributed by atoms with Crippen LogP contribution in [-0.4, -0.2) is 30.0 Å². The summed E-state index contributed by atoms with van der Waals surface area (Å²) in [6, 6.07) is 9.03. The molecule has 0 spiro atoms. The van der Waals surface area contributed by atoms with Crippen molar-refractivity contribution in [2.24, 2.45) is 0 Å². The minimum atomic E-state index is -0.276. The van der Waals surface area contributed by atoms with Gasteiger partial charge in [-0.2, -0.15) is 0 Å². The highest BCUT2D eigenvalue weighted by Gasteiger charge is 2.13. The zero-order valence-electron chi connectivity index (χ0n) is 15.6. The van der Waals surface area contributed by atoms with Gasteiger partial charge in [0.15, 0.2) is 10.9 Å². The standard InChI is InChI=1S/C19H22N4O3S/c1-4-13-10-17(23(2)3)22-19(21-13)27-12-15-7-8-16(26-15)18(24)20-11-14-6-5-9-25-14/h5-10H,4,11-12H2,1-3H3,(H,20,24). The van der Waals surface area contributed by atoms with Crippen molar-refractivity contribution in [1.82, 2.24) is 15.3 Å². The Hall–Kier alpha value is -2.74. The smallest absolute Gasteiger partial charge is 0.287 e. The fourth-order valence-electron chi connectivity index (χ4n) is 2.32. The van der Waals surface area contributed by atoms with Crippen molar-refractivity contribution >= 4 is 23.5 Å². The summed E-state index contributed by atoms with van der Waals surface area (Å²) in [5, 5.41) is 3.45. The van der Waals surface area contributed by atoms with Crippen LogP contribution in [0.5, 0.6) is 0 Å². The van der Waals surface area contributed by atoms with Gasteiger partial charge in [-0.05, 0) is 30.7 Å². The quantitative estimate of drug-likeness (QED) is 0.468. The lowest BCUT2D eigenvalue weighted by atomic mass is 10.3. The summed E-state index contributed by atoms with van der Waals surface area (Å²) >= 11 is 1.48. The van der Waals surface area contributed by atoms with E-state index in [1.165, 1.54) is 11.8 Å². The Kier molecular flexibility index (Phi) is 6.18. The van der Waals surface area contributed by atoms with E-state index < -0.39 is 0 Å². The largest absolute Gasteiger partial charge is 0.467 e. The molecule has 0 saturated carbocycles. The number of aromatic nitrogens is 2. The van der Waals surface area contributed by atoms with Gasteiger partial charge in [0.25, 0.3) is 5.91 Å². The first-order chi connectivity index (χ1) is 13.0. The number of hydrogen-bond donors (Lipinski definition) is 1. The molecule has 0 fully saturated rings. The first kappa shape index (κ1) is 19.0. The Morgan fingerprint density at radius 3 is 2.78 bits per heavy atom. The van der Waals surface area contributed by atoms with Gasteiger partial charge in [-0.15, -0.1) is 0 Å². The number of thioether (sulfide) groups is 1. The third kappa shape index (κ3) is 5.13. The maximum Gasteiger partial charge on any atom is 0.287 e. The zero-order valence-corrected chi connectivity index (χ0v) is 16.4. The summed E-state index contributed by atoms with van der Waals surface area (Å²) < 4.78 is 10.8. The average Bonchev–Trinajstić information content (AvgIpc) is 3.36. The van der Waals surface area contributed by atoms with Crippen LogP contribution >= 0.6 is 11.8 Å². The van der Waals surface area contributed by atoms with Crippen LogP contribution in [0.2, 0.25) is 0 Å².